The Morgan fingerprint density at radius 2 is 1.81 bits per heavy atom. The van der Waals surface area contributed by atoms with Gasteiger partial charge < -0.3 is 5.32 Å². The molecule has 0 amide bonds. The highest BCUT2D eigenvalue weighted by atomic mass is 32.2. The number of nitrogens with one attached hydrogen (secondary N) is 2. The van der Waals surface area contributed by atoms with Crippen molar-refractivity contribution in [2.45, 2.75) is 32.2 Å². The molecule has 0 bridgehead atoms. The molecule has 0 saturated carbocycles. The summed E-state index contributed by atoms with van der Waals surface area (Å²) in [5, 5.41) is 3.03. The lowest BCUT2D eigenvalue weighted by molar-refractivity contribution is 0.580. The first-order valence-electron chi connectivity index (χ1n) is 6.53. The Morgan fingerprint density at radius 1 is 1.19 bits per heavy atom. The molecule has 7 heteroatoms. The number of benzene rings is 1. The summed E-state index contributed by atoms with van der Waals surface area (Å²) in [4.78, 5) is 5.41. The third-order valence-electron chi connectivity index (χ3n) is 3.29. The fourth-order valence-electron chi connectivity index (χ4n) is 2.25. The molecular weight excluding hydrogens is 306 g/mol. The fraction of sp³-hybridized carbons (Fsp3) is 0.357. The number of aromatic nitrogens is 1. The lowest BCUT2D eigenvalue weighted by Crippen LogP contribution is -2.24. The van der Waals surface area contributed by atoms with Crippen LogP contribution in [-0.4, -0.2) is 20.4 Å². The summed E-state index contributed by atoms with van der Waals surface area (Å²) in [6, 6.07) is 3.67. The Bertz CT molecular complexity index is 728. The van der Waals surface area contributed by atoms with Gasteiger partial charge in [0.15, 0.2) is 0 Å². The average molecular weight is 325 g/mol. The molecule has 0 saturated heterocycles. The summed E-state index contributed by atoms with van der Waals surface area (Å²) in [5.41, 5.74) is 4.95. The maximum Gasteiger partial charge on any atom is 0.241 e. The summed E-state index contributed by atoms with van der Waals surface area (Å²) in [7, 11) is -1.73. The summed E-state index contributed by atoms with van der Waals surface area (Å²) in [5.74, 6) is 0. The number of thiazole rings is 1. The largest absolute Gasteiger partial charge is 0.388 e. The highest BCUT2D eigenvalue weighted by Crippen LogP contribution is 2.24. The molecule has 0 atom stereocenters. The third kappa shape index (κ3) is 3.42. The minimum Gasteiger partial charge on any atom is -0.388 e. The zero-order valence-electron chi connectivity index (χ0n) is 12.5. The van der Waals surface area contributed by atoms with Crippen molar-refractivity contribution in [1.82, 2.24) is 9.71 Å². The molecule has 1 aromatic carbocycles. The van der Waals surface area contributed by atoms with Gasteiger partial charge in [-0.3, -0.25) is 0 Å². The standard InChI is InChI=1S/C14H19N3O2S2/c1-9-5-12(15-4)6-10(2)14(9)21(18,19)17-7-13-11(3)16-8-20-13/h5-6,8,15,17H,7H2,1-4H3. The van der Waals surface area contributed by atoms with Crippen LogP contribution in [0.1, 0.15) is 21.7 Å². The molecule has 0 radical (unpaired) electrons. The minimum atomic E-state index is -3.54. The zero-order chi connectivity index (χ0) is 15.6. The van der Waals surface area contributed by atoms with Crippen molar-refractivity contribution in [1.29, 1.82) is 0 Å². The van der Waals surface area contributed by atoms with Crippen LogP contribution in [0.4, 0.5) is 5.69 Å². The Morgan fingerprint density at radius 3 is 2.29 bits per heavy atom. The van der Waals surface area contributed by atoms with Crippen LogP contribution in [0.2, 0.25) is 0 Å². The Labute approximate surface area is 129 Å². The molecule has 1 aromatic heterocycles. The predicted octanol–water partition coefficient (Wildman–Crippen LogP) is 2.59. The molecule has 2 N–H and O–H groups in total. The molecule has 0 fully saturated rings. The van der Waals surface area contributed by atoms with E-state index < -0.39 is 10.0 Å². The van der Waals surface area contributed by atoms with Gasteiger partial charge in [0.1, 0.15) is 0 Å². The number of hydrogen-bond acceptors (Lipinski definition) is 5. The molecule has 0 spiro atoms. The van der Waals surface area contributed by atoms with E-state index in [2.05, 4.69) is 15.0 Å². The molecule has 114 valence electrons. The lowest BCUT2D eigenvalue weighted by atomic mass is 10.1. The molecule has 0 aliphatic carbocycles. The van der Waals surface area contributed by atoms with Crippen molar-refractivity contribution in [3.63, 3.8) is 0 Å². The van der Waals surface area contributed by atoms with Crippen molar-refractivity contribution >= 4 is 27.0 Å². The second kappa shape index (κ2) is 6.13. The molecule has 0 aliphatic heterocycles. The Hall–Kier alpha value is -1.44. The average Bonchev–Trinajstić information content (AvgIpc) is 2.80. The van der Waals surface area contributed by atoms with Gasteiger partial charge in [0.05, 0.1) is 16.1 Å². The van der Waals surface area contributed by atoms with Gasteiger partial charge in [-0.25, -0.2) is 18.1 Å². The SMILES string of the molecule is CNc1cc(C)c(S(=O)(=O)NCc2scnc2C)c(C)c1. The van der Waals surface area contributed by atoms with Crippen LogP contribution in [0, 0.1) is 20.8 Å². The second-order valence-corrected chi connectivity index (χ2v) is 7.52. The van der Waals surface area contributed by atoms with Crippen molar-refractivity contribution in [2.75, 3.05) is 12.4 Å². The van der Waals surface area contributed by atoms with E-state index in [4.69, 9.17) is 0 Å². The molecule has 0 aliphatic rings. The van der Waals surface area contributed by atoms with Gasteiger partial charge >= 0.3 is 0 Å². The van der Waals surface area contributed by atoms with E-state index in [1.54, 1.807) is 19.4 Å². The van der Waals surface area contributed by atoms with Crippen molar-refractivity contribution < 1.29 is 8.42 Å². The van der Waals surface area contributed by atoms with E-state index in [0.717, 1.165) is 27.4 Å². The third-order valence-corrected chi connectivity index (χ3v) is 5.93. The monoisotopic (exact) mass is 325 g/mol. The highest BCUT2D eigenvalue weighted by Gasteiger charge is 2.20. The van der Waals surface area contributed by atoms with E-state index in [9.17, 15) is 8.42 Å². The number of sulfonamides is 1. The van der Waals surface area contributed by atoms with Gasteiger partial charge in [-0.05, 0) is 44.0 Å². The molecule has 5 nitrogen and oxygen atoms in total. The smallest absolute Gasteiger partial charge is 0.241 e. The number of aryl methyl sites for hydroxylation is 3. The quantitative estimate of drug-likeness (QED) is 0.886. The Kier molecular flexibility index (Phi) is 4.65. The maximum absolute atomic E-state index is 12.5. The molecule has 0 unspecified atom stereocenters. The van der Waals surface area contributed by atoms with Crippen LogP contribution in [0.15, 0.2) is 22.5 Å². The first-order valence-corrected chi connectivity index (χ1v) is 8.89. The topological polar surface area (TPSA) is 71.1 Å². The maximum atomic E-state index is 12.5. The predicted molar refractivity (Wildman–Crippen MR) is 86.3 cm³/mol. The van der Waals surface area contributed by atoms with Crippen molar-refractivity contribution in [2.24, 2.45) is 0 Å². The first-order chi connectivity index (χ1) is 9.85. The summed E-state index contributed by atoms with van der Waals surface area (Å²) < 4.78 is 27.7. The van der Waals surface area contributed by atoms with Crippen molar-refractivity contribution in [3.8, 4) is 0 Å². The molecule has 21 heavy (non-hydrogen) atoms. The highest BCUT2D eigenvalue weighted by molar-refractivity contribution is 7.89. The molecule has 1 heterocycles. The first kappa shape index (κ1) is 15.9. The van der Waals surface area contributed by atoms with Crippen LogP contribution in [0.25, 0.3) is 0 Å². The summed E-state index contributed by atoms with van der Waals surface area (Å²) >= 11 is 1.45. The molecule has 2 rings (SSSR count). The number of nitrogens with zero attached hydrogens (tertiary/aromatic N) is 1. The number of hydrogen-bond donors (Lipinski definition) is 2. The fourth-order valence-corrected chi connectivity index (χ4v) is 4.50. The van der Waals surface area contributed by atoms with E-state index in [1.165, 1.54) is 11.3 Å². The normalized spacial score (nSPS) is 11.6. The van der Waals surface area contributed by atoms with E-state index in [-0.39, 0.29) is 6.54 Å². The van der Waals surface area contributed by atoms with Crippen LogP contribution < -0.4 is 10.0 Å². The number of anilines is 1. The van der Waals surface area contributed by atoms with E-state index in [1.807, 2.05) is 26.1 Å². The zero-order valence-corrected chi connectivity index (χ0v) is 14.2. The minimum absolute atomic E-state index is 0.269. The number of rotatable bonds is 5. The van der Waals surface area contributed by atoms with Crippen LogP contribution in [0.3, 0.4) is 0 Å². The van der Waals surface area contributed by atoms with Gasteiger partial charge in [0.25, 0.3) is 0 Å². The van der Waals surface area contributed by atoms with Gasteiger partial charge in [-0.1, -0.05) is 0 Å². The lowest BCUT2D eigenvalue weighted by Gasteiger charge is -2.13. The van der Waals surface area contributed by atoms with E-state index in [0.29, 0.717) is 4.90 Å². The van der Waals surface area contributed by atoms with Gasteiger partial charge in [-0.15, -0.1) is 11.3 Å². The van der Waals surface area contributed by atoms with E-state index >= 15 is 0 Å². The van der Waals surface area contributed by atoms with Crippen LogP contribution in [0.5, 0.6) is 0 Å². The van der Waals surface area contributed by atoms with Crippen molar-refractivity contribution in [3.05, 3.63) is 39.3 Å². The molecular formula is C14H19N3O2S2. The molecule has 2 aromatic rings. The van der Waals surface area contributed by atoms with Gasteiger partial charge in [0, 0.05) is 24.2 Å². The van der Waals surface area contributed by atoms with Gasteiger partial charge in [-0.2, -0.15) is 0 Å². The Balaban J connectivity index is 2.30. The summed E-state index contributed by atoms with van der Waals surface area (Å²) in [6.07, 6.45) is 0. The second-order valence-electron chi connectivity index (χ2n) is 4.87. The van der Waals surface area contributed by atoms with Crippen LogP contribution in [-0.2, 0) is 16.6 Å². The van der Waals surface area contributed by atoms with Gasteiger partial charge in [0.2, 0.25) is 10.0 Å². The summed E-state index contributed by atoms with van der Waals surface area (Å²) in [6.45, 7) is 5.75. The van der Waals surface area contributed by atoms with Crippen LogP contribution >= 0.6 is 11.3 Å².